The Morgan fingerprint density at radius 1 is 1.22 bits per heavy atom. The summed E-state index contributed by atoms with van der Waals surface area (Å²) in [6.07, 6.45) is 6.25. The number of hydrogen-bond donors (Lipinski definition) is 2. The molecule has 0 heterocycles. The molecule has 1 aromatic carbocycles. The van der Waals surface area contributed by atoms with E-state index in [1.165, 1.54) is 44.2 Å². The van der Waals surface area contributed by atoms with E-state index in [9.17, 15) is 9.90 Å². The molecule has 3 heteroatoms. The molecule has 0 saturated heterocycles. The first-order chi connectivity index (χ1) is 8.59. The summed E-state index contributed by atoms with van der Waals surface area (Å²) in [4.78, 5) is 11.9. The molecule has 1 fully saturated rings. The van der Waals surface area contributed by atoms with Crippen molar-refractivity contribution >= 4 is 5.91 Å². The van der Waals surface area contributed by atoms with Crippen molar-refractivity contribution in [1.82, 2.24) is 5.32 Å². The number of nitrogens with one attached hydrogen (secondary N) is 1. The van der Waals surface area contributed by atoms with E-state index in [0.29, 0.717) is 5.56 Å². The second-order valence-electron chi connectivity index (χ2n) is 5.60. The zero-order valence-corrected chi connectivity index (χ0v) is 10.9. The Labute approximate surface area is 108 Å². The largest absolute Gasteiger partial charge is 0.508 e. The van der Waals surface area contributed by atoms with Crippen LogP contribution in [0.25, 0.3) is 0 Å². The summed E-state index contributed by atoms with van der Waals surface area (Å²) in [6, 6.07) is 6.37. The minimum Gasteiger partial charge on any atom is -0.508 e. The highest BCUT2D eigenvalue weighted by Crippen LogP contribution is 2.34. The minimum absolute atomic E-state index is 0.0539. The van der Waals surface area contributed by atoms with Crippen LogP contribution in [-0.2, 0) is 0 Å². The van der Waals surface area contributed by atoms with Gasteiger partial charge in [-0.2, -0.15) is 0 Å². The van der Waals surface area contributed by atoms with E-state index in [4.69, 9.17) is 0 Å². The summed E-state index contributed by atoms with van der Waals surface area (Å²) in [7, 11) is 0. The first-order valence-corrected chi connectivity index (χ1v) is 6.66. The molecule has 0 atom stereocenters. The van der Waals surface area contributed by atoms with Crippen LogP contribution in [0.5, 0.6) is 5.75 Å². The third-order valence-electron chi connectivity index (χ3n) is 3.87. The highest BCUT2D eigenvalue weighted by atomic mass is 16.3. The molecule has 3 nitrogen and oxygen atoms in total. The fourth-order valence-corrected chi connectivity index (χ4v) is 2.59. The third-order valence-corrected chi connectivity index (χ3v) is 3.87. The second-order valence-corrected chi connectivity index (χ2v) is 5.60. The molecule has 2 rings (SSSR count). The molecular weight excluding hydrogens is 226 g/mol. The Morgan fingerprint density at radius 3 is 2.44 bits per heavy atom. The van der Waals surface area contributed by atoms with Gasteiger partial charge in [0, 0.05) is 12.1 Å². The predicted octanol–water partition coefficient (Wildman–Crippen LogP) is 3.09. The monoisotopic (exact) mass is 247 g/mol. The molecule has 0 radical (unpaired) electrons. The van der Waals surface area contributed by atoms with Crippen LogP contribution in [0.1, 0.15) is 49.4 Å². The SMILES string of the molecule is CC1(CNC(=O)c2ccc(O)cc2)CCCCC1. The average molecular weight is 247 g/mol. The maximum absolute atomic E-state index is 11.9. The van der Waals surface area contributed by atoms with Crippen LogP contribution in [0.4, 0.5) is 0 Å². The van der Waals surface area contributed by atoms with Gasteiger partial charge in [-0.25, -0.2) is 0 Å². The van der Waals surface area contributed by atoms with E-state index in [1.807, 2.05) is 0 Å². The second kappa shape index (κ2) is 5.42. The lowest BCUT2D eigenvalue weighted by atomic mass is 9.76. The number of rotatable bonds is 3. The molecule has 0 unspecified atom stereocenters. The van der Waals surface area contributed by atoms with E-state index in [2.05, 4.69) is 12.2 Å². The van der Waals surface area contributed by atoms with Gasteiger partial charge in [0.25, 0.3) is 5.91 Å². The molecule has 1 aliphatic carbocycles. The van der Waals surface area contributed by atoms with Gasteiger partial charge >= 0.3 is 0 Å². The third kappa shape index (κ3) is 3.25. The van der Waals surface area contributed by atoms with Crippen molar-refractivity contribution < 1.29 is 9.90 Å². The number of amides is 1. The molecule has 0 bridgehead atoms. The minimum atomic E-state index is -0.0539. The Kier molecular flexibility index (Phi) is 3.90. The molecule has 98 valence electrons. The summed E-state index contributed by atoms with van der Waals surface area (Å²) in [5, 5.41) is 12.2. The first-order valence-electron chi connectivity index (χ1n) is 6.66. The van der Waals surface area contributed by atoms with Crippen LogP contribution >= 0.6 is 0 Å². The number of phenols is 1. The molecule has 18 heavy (non-hydrogen) atoms. The number of phenolic OH excluding ortho intramolecular Hbond substituents is 1. The van der Waals surface area contributed by atoms with Gasteiger partial charge in [-0.3, -0.25) is 4.79 Å². The lowest BCUT2D eigenvalue weighted by Gasteiger charge is -2.33. The van der Waals surface area contributed by atoms with Crippen LogP contribution in [-0.4, -0.2) is 17.6 Å². The Balaban J connectivity index is 1.89. The van der Waals surface area contributed by atoms with Gasteiger partial charge in [0.1, 0.15) is 5.75 Å². The van der Waals surface area contributed by atoms with E-state index < -0.39 is 0 Å². The van der Waals surface area contributed by atoms with Crippen molar-refractivity contribution in [2.45, 2.75) is 39.0 Å². The maximum atomic E-state index is 11.9. The summed E-state index contributed by atoms with van der Waals surface area (Å²) in [5.74, 6) is 0.132. The van der Waals surface area contributed by atoms with Crippen molar-refractivity contribution in [3.05, 3.63) is 29.8 Å². The highest BCUT2D eigenvalue weighted by Gasteiger charge is 2.27. The van der Waals surface area contributed by atoms with Crippen LogP contribution in [0.15, 0.2) is 24.3 Å². The fourth-order valence-electron chi connectivity index (χ4n) is 2.59. The molecule has 1 amide bonds. The number of benzene rings is 1. The van der Waals surface area contributed by atoms with Gasteiger partial charge in [-0.05, 0) is 42.5 Å². The van der Waals surface area contributed by atoms with Crippen molar-refractivity contribution in [2.75, 3.05) is 6.54 Å². The quantitative estimate of drug-likeness (QED) is 0.862. The molecule has 0 aliphatic heterocycles. The number of aromatic hydroxyl groups is 1. The van der Waals surface area contributed by atoms with Gasteiger partial charge in [0.2, 0.25) is 0 Å². The van der Waals surface area contributed by atoms with E-state index in [1.54, 1.807) is 12.1 Å². The molecule has 1 aliphatic rings. The van der Waals surface area contributed by atoms with Crippen molar-refractivity contribution in [2.24, 2.45) is 5.41 Å². The van der Waals surface area contributed by atoms with Gasteiger partial charge in [0.05, 0.1) is 0 Å². The maximum Gasteiger partial charge on any atom is 0.251 e. The number of carbonyl (C=O) groups is 1. The van der Waals surface area contributed by atoms with Gasteiger partial charge < -0.3 is 10.4 Å². The van der Waals surface area contributed by atoms with Gasteiger partial charge in [0.15, 0.2) is 0 Å². The molecule has 2 N–H and O–H groups in total. The lowest BCUT2D eigenvalue weighted by Crippen LogP contribution is -2.36. The Hall–Kier alpha value is -1.51. The van der Waals surface area contributed by atoms with Crippen molar-refractivity contribution in [1.29, 1.82) is 0 Å². The van der Waals surface area contributed by atoms with Crippen molar-refractivity contribution in [3.8, 4) is 5.75 Å². The van der Waals surface area contributed by atoms with E-state index in [-0.39, 0.29) is 17.1 Å². The van der Waals surface area contributed by atoms with Crippen molar-refractivity contribution in [3.63, 3.8) is 0 Å². The van der Waals surface area contributed by atoms with Crippen LogP contribution in [0.3, 0.4) is 0 Å². The molecule has 0 spiro atoms. The smallest absolute Gasteiger partial charge is 0.251 e. The van der Waals surface area contributed by atoms with Gasteiger partial charge in [-0.1, -0.05) is 26.2 Å². The fraction of sp³-hybridized carbons (Fsp3) is 0.533. The zero-order valence-electron chi connectivity index (χ0n) is 10.9. The highest BCUT2D eigenvalue weighted by molar-refractivity contribution is 5.94. The van der Waals surface area contributed by atoms with Crippen LogP contribution in [0.2, 0.25) is 0 Å². The zero-order chi connectivity index (χ0) is 13.0. The Morgan fingerprint density at radius 2 is 1.83 bits per heavy atom. The summed E-state index contributed by atoms with van der Waals surface area (Å²) < 4.78 is 0. The van der Waals surface area contributed by atoms with E-state index >= 15 is 0 Å². The number of carbonyl (C=O) groups excluding carboxylic acids is 1. The van der Waals surface area contributed by atoms with Gasteiger partial charge in [-0.15, -0.1) is 0 Å². The molecule has 1 aromatic rings. The summed E-state index contributed by atoms with van der Waals surface area (Å²) >= 11 is 0. The van der Waals surface area contributed by atoms with Crippen LogP contribution in [0, 0.1) is 5.41 Å². The number of hydrogen-bond acceptors (Lipinski definition) is 2. The standard InChI is InChI=1S/C15H21NO2/c1-15(9-3-2-4-10-15)11-16-14(18)12-5-7-13(17)8-6-12/h5-8,17H,2-4,9-11H2,1H3,(H,16,18). The lowest BCUT2D eigenvalue weighted by molar-refractivity contribution is 0.0919. The molecule has 1 saturated carbocycles. The molecule has 0 aromatic heterocycles. The topological polar surface area (TPSA) is 49.3 Å². The molecular formula is C15H21NO2. The van der Waals surface area contributed by atoms with Crippen LogP contribution < -0.4 is 5.32 Å². The Bertz CT molecular complexity index is 405. The summed E-state index contributed by atoms with van der Waals surface area (Å²) in [5.41, 5.74) is 0.859. The average Bonchev–Trinajstić information content (AvgIpc) is 2.38. The summed E-state index contributed by atoms with van der Waals surface area (Å²) in [6.45, 7) is 3.00. The normalized spacial score (nSPS) is 18.3. The predicted molar refractivity (Wildman–Crippen MR) is 71.6 cm³/mol. The first kappa shape index (κ1) is 12.9. The van der Waals surface area contributed by atoms with E-state index in [0.717, 1.165) is 6.54 Å².